The van der Waals surface area contributed by atoms with Crippen molar-refractivity contribution in [1.82, 2.24) is 14.5 Å². The van der Waals surface area contributed by atoms with Gasteiger partial charge >= 0.3 is 0 Å². The lowest BCUT2D eigenvalue weighted by atomic mass is 10.1. The van der Waals surface area contributed by atoms with Crippen LogP contribution in [0.15, 0.2) is 41.5 Å². The molecule has 0 saturated carbocycles. The van der Waals surface area contributed by atoms with Gasteiger partial charge in [0.2, 0.25) is 5.91 Å². The normalized spacial score (nSPS) is 17.6. The molecule has 0 N–H and O–H groups in total. The molecule has 1 aromatic carbocycles. The Kier molecular flexibility index (Phi) is 6.48. The molecule has 3 heterocycles. The maximum atomic E-state index is 13.3. The lowest BCUT2D eigenvalue weighted by Gasteiger charge is -2.28. The summed E-state index contributed by atoms with van der Waals surface area (Å²) in [5.74, 6) is -0.129. The molecule has 32 heavy (non-hydrogen) atoms. The summed E-state index contributed by atoms with van der Waals surface area (Å²) < 4.78 is 25.3. The molecule has 1 fully saturated rings. The highest BCUT2D eigenvalue weighted by atomic mass is 32.2. The highest BCUT2D eigenvalue weighted by Crippen LogP contribution is 2.35. The van der Waals surface area contributed by atoms with Crippen LogP contribution in [0.1, 0.15) is 31.7 Å². The number of fused-ring (bicyclic) bond motifs is 1. The SMILES string of the molecule is CCCCN(C(=O)Cn1cnc2sc(-c3ccccc3)c(C)c2c1=O)C1CCS(=O)(=O)C1. The van der Waals surface area contributed by atoms with Crippen LogP contribution in [0.2, 0.25) is 0 Å². The first-order valence-electron chi connectivity index (χ1n) is 10.8. The second-order valence-corrected chi connectivity index (χ2v) is 11.5. The number of carbonyl (C=O) groups excluding carboxylic acids is 1. The van der Waals surface area contributed by atoms with Crippen LogP contribution >= 0.6 is 11.3 Å². The van der Waals surface area contributed by atoms with E-state index < -0.39 is 9.84 Å². The number of hydrogen-bond acceptors (Lipinski definition) is 6. The zero-order valence-electron chi connectivity index (χ0n) is 18.3. The van der Waals surface area contributed by atoms with E-state index in [0.717, 1.165) is 28.8 Å². The Balaban J connectivity index is 1.64. The third-order valence-corrected chi connectivity index (χ3v) is 8.98. The van der Waals surface area contributed by atoms with Crippen LogP contribution < -0.4 is 5.56 Å². The Morgan fingerprint density at radius 3 is 2.69 bits per heavy atom. The van der Waals surface area contributed by atoms with Gasteiger partial charge in [0.15, 0.2) is 9.84 Å². The van der Waals surface area contributed by atoms with Gasteiger partial charge in [-0.2, -0.15) is 0 Å². The molecule has 1 atom stereocenters. The molecule has 1 aliphatic heterocycles. The molecule has 1 amide bonds. The van der Waals surface area contributed by atoms with Gasteiger partial charge in [-0.1, -0.05) is 43.7 Å². The summed E-state index contributed by atoms with van der Waals surface area (Å²) in [6, 6.07) is 9.54. The molecule has 9 heteroatoms. The fourth-order valence-electron chi connectivity index (χ4n) is 4.23. The van der Waals surface area contributed by atoms with Crippen LogP contribution in [-0.4, -0.2) is 52.9 Å². The summed E-state index contributed by atoms with van der Waals surface area (Å²) >= 11 is 1.47. The smallest absolute Gasteiger partial charge is 0.262 e. The summed E-state index contributed by atoms with van der Waals surface area (Å²) in [7, 11) is -3.11. The van der Waals surface area contributed by atoms with E-state index in [9.17, 15) is 18.0 Å². The number of hydrogen-bond donors (Lipinski definition) is 0. The van der Waals surface area contributed by atoms with Gasteiger partial charge in [-0.3, -0.25) is 14.2 Å². The van der Waals surface area contributed by atoms with E-state index in [-0.39, 0.29) is 35.6 Å². The number of sulfone groups is 1. The van der Waals surface area contributed by atoms with Gasteiger partial charge in [-0.25, -0.2) is 13.4 Å². The average molecular weight is 474 g/mol. The topological polar surface area (TPSA) is 89.3 Å². The Bertz CT molecular complexity index is 1300. The number of benzene rings is 1. The van der Waals surface area contributed by atoms with Crippen molar-refractivity contribution in [2.24, 2.45) is 0 Å². The van der Waals surface area contributed by atoms with E-state index >= 15 is 0 Å². The van der Waals surface area contributed by atoms with Crippen LogP contribution in [0.5, 0.6) is 0 Å². The van der Waals surface area contributed by atoms with Crippen molar-refractivity contribution in [3.05, 3.63) is 52.6 Å². The fourth-order valence-corrected chi connectivity index (χ4v) is 7.11. The first-order valence-corrected chi connectivity index (χ1v) is 13.5. The zero-order valence-corrected chi connectivity index (χ0v) is 19.9. The molecule has 1 unspecified atom stereocenters. The monoisotopic (exact) mass is 473 g/mol. The van der Waals surface area contributed by atoms with E-state index in [1.54, 1.807) is 4.90 Å². The fraction of sp³-hybridized carbons (Fsp3) is 0.435. The molecule has 1 aliphatic rings. The number of unbranched alkanes of at least 4 members (excludes halogenated alkanes) is 1. The molecule has 0 spiro atoms. The largest absolute Gasteiger partial charge is 0.337 e. The van der Waals surface area contributed by atoms with Gasteiger partial charge < -0.3 is 4.90 Å². The summed E-state index contributed by atoms with van der Waals surface area (Å²) in [6.07, 6.45) is 3.57. The van der Waals surface area contributed by atoms with E-state index in [1.165, 1.54) is 22.2 Å². The van der Waals surface area contributed by atoms with Crippen molar-refractivity contribution < 1.29 is 13.2 Å². The van der Waals surface area contributed by atoms with E-state index in [1.807, 2.05) is 44.2 Å². The minimum Gasteiger partial charge on any atom is -0.337 e. The van der Waals surface area contributed by atoms with Crippen molar-refractivity contribution in [2.45, 2.75) is 45.7 Å². The first kappa shape index (κ1) is 22.7. The molecular weight excluding hydrogens is 446 g/mol. The van der Waals surface area contributed by atoms with Gasteiger partial charge in [-0.05, 0) is 30.9 Å². The molecule has 0 aliphatic carbocycles. The van der Waals surface area contributed by atoms with E-state index in [0.29, 0.717) is 23.2 Å². The predicted molar refractivity (Wildman–Crippen MR) is 128 cm³/mol. The Labute approximate surface area is 191 Å². The van der Waals surface area contributed by atoms with Gasteiger partial charge in [-0.15, -0.1) is 11.3 Å². The van der Waals surface area contributed by atoms with Crippen LogP contribution in [-0.2, 0) is 21.2 Å². The minimum absolute atomic E-state index is 0.00128. The second-order valence-electron chi connectivity index (χ2n) is 8.28. The van der Waals surface area contributed by atoms with Crippen molar-refractivity contribution in [3.8, 4) is 10.4 Å². The average Bonchev–Trinajstić information content (AvgIpc) is 3.30. The number of rotatable bonds is 7. The zero-order chi connectivity index (χ0) is 22.9. The van der Waals surface area contributed by atoms with Crippen LogP contribution in [0.25, 0.3) is 20.7 Å². The molecule has 0 radical (unpaired) electrons. The Hall–Kier alpha value is -2.52. The molecule has 0 bridgehead atoms. The third-order valence-electron chi connectivity index (χ3n) is 5.98. The van der Waals surface area contributed by atoms with Gasteiger partial charge in [0.05, 0.1) is 23.2 Å². The predicted octanol–water partition coefficient (Wildman–Crippen LogP) is 3.25. The maximum Gasteiger partial charge on any atom is 0.262 e. The molecule has 2 aromatic heterocycles. The van der Waals surface area contributed by atoms with Gasteiger partial charge in [0, 0.05) is 17.5 Å². The summed E-state index contributed by atoms with van der Waals surface area (Å²) in [5.41, 5.74) is 1.65. The van der Waals surface area contributed by atoms with Crippen molar-refractivity contribution >= 4 is 37.3 Å². The standard InChI is InChI=1S/C23H27N3O4S2/c1-3-4-11-26(18-10-12-32(29,30)14-18)19(27)13-25-15-24-22-20(23(25)28)16(2)21(31-22)17-8-6-5-7-9-17/h5-9,15,18H,3-4,10-14H2,1-2H3. The number of aryl methyl sites for hydroxylation is 1. The van der Waals surface area contributed by atoms with Crippen LogP contribution in [0.4, 0.5) is 0 Å². The highest BCUT2D eigenvalue weighted by Gasteiger charge is 2.34. The Morgan fingerprint density at radius 2 is 2.03 bits per heavy atom. The van der Waals surface area contributed by atoms with Crippen LogP contribution in [0.3, 0.4) is 0 Å². The highest BCUT2D eigenvalue weighted by molar-refractivity contribution is 7.91. The molecule has 3 aromatic rings. The van der Waals surface area contributed by atoms with Gasteiger partial charge in [0.1, 0.15) is 11.4 Å². The summed E-state index contributed by atoms with van der Waals surface area (Å²) in [6.45, 7) is 4.29. The Morgan fingerprint density at radius 1 is 1.28 bits per heavy atom. The number of nitrogens with zero attached hydrogens (tertiary/aromatic N) is 3. The number of thiophene rings is 1. The van der Waals surface area contributed by atoms with E-state index in [4.69, 9.17) is 0 Å². The second kappa shape index (κ2) is 9.15. The molecule has 7 nitrogen and oxygen atoms in total. The lowest BCUT2D eigenvalue weighted by Crippen LogP contribution is -2.44. The number of aromatic nitrogens is 2. The molecular formula is C23H27N3O4S2. The summed E-state index contributed by atoms with van der Waals surface area (Å²) in [5, 5.41) is 0.535. The maximum absolute atomic E-state index is 13.3. The quantitative estimate of drug-likeness (QED) is 0.526. The van der Waals surface area contributed by atoms with E-state index in [2.05, 4.69) is 4.98 Å². The molecule has 1 saturated heterocycles. The van der Waals surface area contributed by atoms with Gasteiger partial charge in [0.25, 0.3) is 5.56 Å². The minimum atomic E-state index is -3.11. The lowest BCUT2D eigenvalue weighted by molar-refractivity contribution is -0.133. The van der Waals surface area contributed by atoms with Crippen LogP contribution in [0, 0.1) is 6.92 Å². The number of carbonyl (C=O) groups is 1. The molecule has 4 rings (SSSR count). The molecule has 170 valence electrons. The van der Waals surface area contributed by atoms with Crippen molar-refractivity contribution in [3.63, 3.8) is 0 Å². The van der Waals surface area contributed by atoms with Crippen molar-refractivity contribution in [1.29, 1.82) is 0 Å². The third kappa shape index (κ3) is 4.49. The van der Waals surface area contributed by atoms with Crippen molar-refractivity contribution in [2.75, 3.05) is 18.1 Å². The summed E-state index contributed by atoms with van der Waals surface area (Å²) in [4.78, 5) is 34.2. The number of amides is 1. The first-order chi connectivity index (χ1) is 15.3.